The Morgan fingerprint density at radius 2 is 1.65 bits per heavy atom. The van der Waals surface area contributed by atoms with E-state index in [1.54, 1.807) is 15.9 Å². The minimum atomic E-state index is 0.555. The number of anilines is 1. The predicted octanol–water partition coefficient (Wildman–Crippen LogP) is 4.30. The summed E-state index contributed by atoms with van der Waals surface area (Å²) in [4.78, 5) is 0. The fourth-order valence-corrected chi connectivity index (χ4v) is 2.57. The summed E-state index contributed by atoms with van der Waals surface area (Å²) in [6.07, 6.45) is 1.75. The second-order valence-electron chi connectivity index (χ2n) is 5.14. The highest BCUT2D eigenvalue weighted by atomic mass is 35.5. The molecule has 1 heterocycles. The molecule has 1 aromatic heterocycles. The van der Waals surface area contributed by atoms with Crippen LogP contribution in [-0.4, -0.2) is 23.0 Å². The molecular formula is C18H17ClN4. The van der Waals surface area contributed by atoms with Gasteiger partial charge >= 0.3 is 0 Å². The fraction of sp³-hybridized carbons (Fsp3) is 0.111. The molecule has 0 atom stereocenters. The number of aryl methyl sites for hydroxylation is 1. The van der Waals surface area contributed by atoms with Crippen LogP contribution in [-0.2, 0) is 0 Å². The normalized spacial score (nSPS) is 11.1. The van der Waals surface area contributed by atoms with Crippen LogP contribution in [0.5, 0.6) is 0 Å². The summed E-state index contributed by atoms with van der Waals surface area (Å²) >= 11 is 6.48. The smallest absolute Gasteiger partial charge is 0.142 e. The summed E-state index contributed by atoms with van der Waals surface area (Å²) in [6.45, 7) is 1.93. The molecule has 116 valence electrons. The molecule has 0 aliphatic rings. The van der Waals surface area contributed by atoms with Crippen molar-refractivity contribution in [3.05, 3.63) is 77.1 Å². The summed E-state index contributed by atoms with van der Waals surface area (Å²) < 4.78 is 1.72. The van der Waals surface area contributed by atoms with Gasteiger partial charge in [0.2, 0.25) is 0 Å². The molecule has 0 radical (unpaired) electrons. The first kappa shape index (κ1) is 15.3. The quantitative estimate of drug-likeness (QED) is 0.529. The Morgan fingerprint density at radius 1 is 1.04 bits per heavy atom. The Hall–Kier alpha value is -2.59. The summed E-state index contributed by atoms with van der Waals surface area (Å²) in [5, 5.41) is 11.3. The van der Waals surface area contributed by atoms with Gasteiger partial charge in [0.1, 0.15) is 5.15 Å². The van der Waals surface area contributed by atoms with Gasteiger partial charge in [0.15, 0.2) is 0 Å². The van der Waals surface area contributed by atoms with Crippen molar-refractivity contribution in [2.45, 2.75) is 6.92 Å². The van der Waals surface area contributed by atoms with E-state index in [0.29, 0.717) is 5.15 Å². The van der Waals surface area contributed by atoms with Crippen molar-refractivity contribution in [2.75, 3.05) is 12.1 Å². The van der Waals surface area contributed by atoms with E-state index >= 15 is 0 Å². The maximum Gasteiger partial charge on any atom is 0.142 e. The first-order valence-electron chi connectivity index (χ1n) is 7.30. The van der Waals surface area contributed by atoms with Crippen LogP contribution >= 0.6 is 11.6 Å². The third kappa shape index (κ3) is 3.27. The van der Waals surface area contributed by atoms with Gasteiger partial charge in [-0.3, -0.25) is 5.01 Å². The highest BCUT2D eigenvalue weighted by Crippen LogP contribution is 2.22. The lowest BCUT2D eigenvalue weighted by molar-refractivity contribution is 0.863. The van der Waals surface area contributed by atoms with E-state index in [2.05, 4.69) is 10.2 Å². The van der Waals surface area contributed by atoms with Gasteiger partial charge in [-0.25, -0.2) is 4.68 Å². The number of rotatable bonds is 4. The SMILES string of the molecule is Cc1nn(-c2ccccc2)c(Cl)c1/C=N\N(C)c1ccccc1. The zero-order chi connectivity index (χ0) is 16.2. The highest BCUT2D eigenvalue weighted by molar-refractivity contribution is 6.32. The number of nitrogens with zero attached hydrogens (tertiary/aromatic N) is 4. The Kier molecular flexibility index (Phi) is 4.44. The van der Waals surface area contributed by atoms with E-state index in [4.69, 9.17) is 11.6 Å². The van der Waals surface area contributed by atoms with E-state index in [-0.39, 0.29) is 0 Å². The van der Waals surface area contributed by atoms with Crippen molar-refractivity contribution < 1.29 is 0 Å². The topological polar surface area (TPSA) is 33.4 Å². The molecule has 0 aliphatic carbocycles. The van der Waals surface area contributed by atoms with E-state index in [0.717, 1.165) is 22.6 Å². The van der Waals surface area contributed by atoms with Gasteiger partial charge in [0.05, 0.1) is 28.8 Å². The first-order valence-corrected chi connectivity index (χ1v) is 7.68. The molecule has 0 bridgehead atoms. The molecule has 0 saturated heterocycles. The van der Waals surface area contributed by atoms with Crippen LogP contribution in [0.1, 0.15) is 11.3 Å². The zero-order valence-corrected chi connectivity index (χ0v) is 13.8. The van der Waals surface area contributed by atoms with Crippen LogP contribution in [0.25, 0.3) is 5.69 Å². The van der Waals surface area contributed by atoms with Gasteiger partial charge in [0, 0.05) is 7.05 Å². The molecule has 3 rings (SSSR count). The molecular weight excluding hydrogens is 308 g/mol. The van der Waals surface area contributed by atoms with Crippen LogP contribution in [0.2, 0.25) is 5.15 Å². The Balaban J connectivity index is 1.89. The van der Waals surface area contributed by atoms with Gasteiger partial charge in [0.25, 0.3) is 0 Å². The van der Waals surface area contributed by atoms with Gasteiger partial charge in [-0.2, -0.15) is 10.2 Å². The minimum Gasteiger partial charge on any atom is -0.269 e. The van der Waals surface area contributed by atoms with Crippen LogP contribution in [0.15, 0.2) is 65.8 Å². The van der Waals surface area contributed by atoms with E-state index in [1.165, 1.54) is 0 Å². The van der Waals surface area contributed by atoms with Crippen molar-refractivity contribution >= 4 is 23.5 Å². The van der Waals surface area contributed by atoms with Crippen molar-refractivity contribution in [3.63, 3.8) is 0 Å². The highest BCUT2D eigenvalue weighted by Gasteiger charge is 2.13. The lowest BCUT2D eigenvalue weighted by atomic mass is 10.3. The number of benzene rings is 2. The van der Waals surface area contributed by atoms with Crippen molar-refractivity contribution in [3.8, 4) is 5.69 Å². The molecule has 0 aliphatic heterocycles. The molecule has 0 saturated carbocycles. The molecule has 0 amide bonds. The van der Waals surface area contributed by atoms with E-state index in [9.17, 15) is 0 Å². The minimum absolute atomic E-state index is 0.555. The van der Waals surface area contributed by atoms with Crippen LogP contribution in [0, 0.1) is 6.92 Å². The van der Waals surface area contributed by atoms with E-state index in [1.807, 2.05) is 74.6 Å². The summed E-state index contributed by atoms with van der Waals surface area (Å²) in [6, 6.07) is 19.7. The van der Waals surface area contributed by atoms with Crippen LogP contribution in [0.4, 0.5) is 5.69 Å². The molecule has 5 heteroatoms. The number of hydrazone groups is 1. The summed E-state index contributed by atoms with van der Waals surface area (Å²) in [7, 11) is 1.90. The Morgan fingerprint density at radius 3 is 2.30 bits per heavy atom. The third-order valence-electron chi connectivity index (χ3n) is 3.54. The number of hydrogen-bond donors (Lipinski definition) is 0. The van der Waals surface area contributed by atoms with Crippen molar-refractivity contribution in [1.82, 2.24) is 9.78 Å². The average Bonchev–Trinajstić information content (AvgIpc) is 2.88. The standard InChI is InChI=1S/C18H17ClN4/c1-14-17(13-20-22(2)15-9-5-3-6-10-15)18(19)23(21-14)16-11-7-4-8-12-16/h3-13H,1-2H3/b20-13-. The van der Waals surface area contributed by atoms with Gasteiger partial charge in [-0.05, 0) is 31.2 Å². The monoisotopic (exact) mass is 324 g/mol. The summed E-state index contributed by atoms with van der Waals surface area (Å²) in [5.74, 6) is 0. The lowest BCUT2D eigenvalue weighted by Crippen LogP contribution is -2.08. The van der Waals surface area contributed by atoms with Gasteiger partial charge < -0.3 is 0 Å². The second-order valence-corrected chi connectivity index (χ2v) is 5.50. The third-order valence-corrected chi connectivity index (χ3v) is 3.90. The second kappa shape index (κ2) is 6.67. The first-order chi connectivity index (χ1) is 11.2. The molecule has 2 aromatic carbocycles. The number of para-hydroxylation sites is 2. The lowest BCUT2D eigenvalue weighted by Gasteiger charge is -2.11. The van der Waals surface area contributed by atoms with Gasteiger partial charge in [-0.1, -0.05) is 48.0 Å². The summed E-state index contributed by atoms with van der Waals surface area (Å²) in [5.41, 5.74) is 3.59. The van der Waals surface area contributed by atoms with E-state index < -0.39 is 0 Å². The largest absolute Gasteiger partial charge is 0.269 e. The van der Waals surface area contributed by atoms with Gasteiger partial charge in [-0.15, -0.1) is 0 Å². The Bertz CT molecular complexity index is 810. The average molecular weight is 325 g/mol. The maximum absolute atomic E-state index is 6.48. The number of halogens is 1. The van der Waals surface area contributed by atoms with Crippen LogP contribution in [0.3, 0.4) is 0 Å². The molecule has 0 spiro atoms. The zero-order valence-electron chi connectivity index (χ0n) is 13.0. The van der Waals surface area contributed by atoms with Crippen molar-refractivity contribution in [1.29, 1.82) is 0 Å². The maximum atomic E-state index is 6.48. The molecule has 0 fully saturated rings. The predicted molar refractivity (Wildman–Crippen MR) is 95.8 cm³/mol. The molecule has 0 unspecified atom stereocenters. The number of aromatic nitrogens is 2. The molecule has 0 N–H and O–H groups in total. The fourth-order valence-electron chi connectivity index (χ4n) is 2.25. The molecule has 23 heavy (non-hydrogen) atoms. The molecule has 3 aromatic rings. The van der Waals surface area contributed by atoms with Crippen LogP contribution < -0.4 is 5.01 Å². The van der Waals surface area contributed by atoms with Crippen molar-refractivity contribution in [2.24, 2.45) is 5.10 Å². The molecule has 4 nitrogen and oxygen atoms in total. The number of hydrogen-bond acceptors (Lipinski definition) is 3. The Labute approximate surface area is 140 Å².